The molecular weight excluding hydrogens is 406 g/mol. The van der Waals surface area contributed by atoms with E-state index in [1.807, 2.05) is 50.6 Å². The molecular formula is C23H25N7O2. The zero-order chi connectivity index (χ0) is 22.5. The fourth-order valence-electron chi connectivity index (χ4n) is 3.33. The van der Waals surface area contributed by atoms with Crippen LogP contribution in [-0.4, -0.2) is 53.2 Å². The smallest absolute Gasteiger partial charge is 0.242 e. The summed E-state index contributed by atoms with van der Waals surface area (Å²) in [5, 5.41) is 20.5. The summed E-state index contributed by atoms with van der Waals surface area (Å²) in [5.41, 5.74) is 4.63. The van der Waals surface area contributed by atoms with E-state index >= 15 is 0 Å². The molecule has 0 fully saturated rings. The van der Waals surface area contributed by atoms with Crippen molar-refractivity contribution in [1.29, 1.82) is 0 Å². The standard InChI is InChI=1S/C23H25N7O2/c1-3-21(15-31)28-22(32)14-30-13-20(11-27-30)18-8-24-23(25-9-18)17-6-4-5-16(7-17)19-10-26-29(2)12-19/h4-13,21,31H,3,14-15H2,1-2H3,(H,28,32). The molecule has 9 nitrogen and oxygen atoms in total. The summed E-state index contributed by atoms with van der Waals surface area (Å²) in [4.78, 5) is 21.1. The second-order valence-electron chi connectivity index (χ2n) is 7.56. The molecule has 0 aliphatic rings. The number of hydrogen-bond acceptors (Lipinski definition) is 6. The molecule has 0 saturated carbocycles. The molecule has 0 aliphatic carbocycles. The second-order valence-corrected chi connectivity index (χ2v) is 7.56. The van der Waals surface area contributed by atoms with Gasteiger partial charge < -0.3 is 10.4 Å². The Labute approximate surface area is 185 Å². The van der Waals surface area contributed by atoms with Crippen molar-refractivity contribution in [1.82, 2.24) is 34.8 Å². The summed E-state index contributed by atoms with van der Waals surface area (Å²) < 4.78 is 3.33. The minimum absolute atomic E-state index is 0.0799. The highest BCUT2D eigenvalue weighted by atomic mass is 16.3. The molecule has 164 valence electrons. The molecule has 1 aromatic carbocycles. The van der Waals surface area contributed by atoms with Crippen molar-refractivity contribution < 1.29 is 9.90 Å². The van der Waals surface area contributed by atoms with Gasteiger partial charge in [0.05, 0.1) is 25.0 Å². The Hall–Kier alpha value is -3.85. The monoisotopic (exact) mass is 431 g/mol. The predicted octanol–water partition coefficient (Wildman–Crippen LogP) is 2.29. The Balaban J connectivity index is 1.46. The zero-order valence-electron chi connectivity index (χ0n) is 18.0. The van der Waals surface area contributed by atoms with Crippen molar-refractivity contribution in [3.05, 3.63) is 61.4 Å². The molecule has 9 heteroatoms. The Morgan fingerprint density at radius 3 is 2.41 bits per heavy atom. The van der Waals surface area contributed by atoms with Crippen LogP contribution >= 0.6 is 0 Å². The van der Waals surface area contributed by atoms with Crippen LogP contribution in [0.4, 0.5) is 0 Å². The van der Waals surface area contributed by atoms with Crippen LogP contribution in [-0.2, 0) is 18.4 Å². The summed E-state index contributed by atoms with van der Waals surface area (Å²) in [5.74, 6) is 0.432. The Morgan fingerprint density at radius 1 is 1.00 bits per heavy atom. The lowest BCUT2D eigenvalue weighted by Crippen LogP contribution is -2.38. The number of nitrogens with one attached hydrogen (secondary N) is 1. The van der Waals surface area contributed by atoms with Gasteiger partial charge in [0, 0.05) is 54.1 Å². The minimum Gasteiger partial charge on any atom is -0.394 e. The average molecular weight is 432 g/mol. The quantitative estimate of drug-likeness (QED) is 0.443. The van der Waals surface area contributed by atoms with E-state index < -0.39 is 0 Å². The van der Waals surface area contributed by atoms with Gasteiger partial charge in [-0.2, -0.15) is 10.2 Å². The summed E-state index contributed by atoms with van der Waals surface area (Å²) in [6.45, 7) is 1.91. The number of aliphatic hydroxyl groups excluding tert-OH is 1. The normalized spacial score (nSPS) is 12.0. The van der Waals surface area contributed by atoms with E-state index in [-0.39, 0.29) is 25.1 Å². The van der Waals surface area contributed by atoms with Crippen LogP contribution < -0.4 is 5.32 Å². The Bertz CT molecular complexity index is 1190. The molecule has 1 unspecified atom stereocenters. The highest BCUT2D eigenvalue weighted by Gasteiger charge is 2.12. The van der Waals surface area contributed by atoms with Crippen LogP contribution in [0, 0.1) is 0 Å². The molecule has 3 heterocycles. The lowest BCUT2D eigenvalue weighted by molar-refractivity contribution is -0.122. The molecule has 1 amide bonds. The van der Waals surface area contributed by atoms with E-state index in [0.29, 0.717) is 12.2 Å². The largest absolute Gasteiger partial charge is 0.394 e. The highest BCUT2D eigenvalue weighted by Crippen LogP contribution is 2.25. The van der Waals surface area contributed by atoms with Gasteiger partial charge in [-0.1, -0.05) is 25.1 Å². The third-order valence-electron chi connectivity index (χ3n) is 5.16. The molecule has 0 radical (unpaired) electrons. The Kier molecular flexibility index (Phi) is 6.37. The van der Waals surface area contributed by atoms with E-state index in [0.717, 1.165) is 27.8 Å². The molecule has 3 aromatic heterocycles. The molecule has 0 aliphatic heterocycles. The first-order valence-corrected chi connectivity index (χ1v) is 10.4. The van der Waals surface area contributed by atoms with Gasteiger partial charge >= 0.3 is 0 Å². The highest BCUT2D eigenvalue weighted by molar-refractivity contribution is 5.76. The van der Waals surface area contributed by atoms with Gasteiger partial charge in [0.2, 0.25) is 5.91 Å². The van der Waals surface area contributed by atoms with Crippen LogP contribution in [0.15, 0.2) is 61.4 Å². The number of carbonyl (C=O) groups is 1. The van der Waals surface area contributed by atoms with Crippen molar-refractivity contribution in [2.24, 2.45) is 7.05 Å². The van der Waals surface area contributed by atoms with Gasteiger partial charge in [-0.25, -0.2) is 9.97 Å². The first kappa shape index (κ1) is 21.4. The number of benzene rings is 1. The van der Waals surface area contributed by atoms with Crippen molar-refractivity contribution >= 4 is 5.91 Å². The first-order valence-electron chi connectivity index (χ1n) is 10.4. The topological polar surface area (TPSA) is 111 Å². The molecule has 0 spiro atoms. The van der Waals surface area contributed by atoms with Crippen LogP contribution in [0.3, 0.4) is 0 Å². The molecule has 32 heavy (non-hydrogen) atoms. The molecule has 1 atom stereocenters. The van der Waals surface area contributed by atoms with Crippen LogP contribution in [0.5, 0.6) is 0 Å². The van der Waals surface area contributed by atoms with Crippen molar-refractivity contribution in [2.75, 3.05) is 6.61 Å². The summed E-state index contributed by atoms with van der Waals surface area (Å²) in [6.07, 6.45) is 11.4. The number of rotatable bonds is 8. The van der Waals surface area contributed by atoms with Gasteiger partial charge in [0.15, 0.2) is 5.82 Å². The maximum absolute atomic E-state index is 12.1. The maximum Gasteiger partial charge on any atom is 0.242 e. The molecule has 4 rings (SSSR count). The van der Waals surface area contributed by atoms with Crippen LogP contribution in [0.25, 0.3) is 33.6 Å². The van der Waals surface area contributed by atoms with Crippen LogP contribution in [0.1, 0.15) is 13.3 Å². The van der Waals surface area contributed by atoms with E-state index in [1.165, 1.54) is 0 Å². The third kappa shape index (κ3) is 4.89. The van der Waals surface area contributed by atoms with Gasteiger partial charge in [0.25, 0.3) is 0 Å². The molecule has 4 aromatic rings. The number of aliphatic hydroxyl groups is 1. The molecule has 0 bridgehead atoms. The fourth-order valence-corrected chi connectivity index (χ4v) is 3.33. The van der Waals surface area contributed by atoms with Crippen molar-refractivity contribution in [2.45, 2.75) is 25.9 Å². The number of nitrogens with zero attached hydrogens (tertiary/aromatic N) is 6. The van der Waals surface area contributed by atoms with E-state index in [9.17, 15) is 9.90 Å². The minimum atomic E-state index is -0.241. The van der Waals surface area contributed by atoms with E-state index in [2.05, 4.69) is 25.5 Å². The number of aromatic nitrogens is 6. The maximum atomic E-state index is 12.1. The lowest BCUT2D eigenvalue weighted by atomic mass is 10.1. The van der Waals surface area contributed by atoms with Gasteiger partial charge in [-0.3, -0.25) is 14.2 Å². The predicted molar refractivity (Wildman–Crippen MR) is 120 cm³/mol. The van der Waals surface area contributed by atoms with Gasteiger partial charge in [-0.15, -0.1) is 0 Å². The first-order chi connectivity index (χ1) is 15.6. The van der Waals surface area contributed by atoms with Gasteiger partial charge in [-0.05, 0) is 18.1 Å². The average Bonchev–Trinajstić information content (AvgIpc) is 3.47. The number of amides is 1. The molecule has 2 N–H and O–H groups in total. The summed E-state index contributed by atoms with van der Waals surface area (Å²) in [7, 11) is 1.89. The van der Waals surface area contributed by atoms with Gasteiger partial charge in [0.1, 0.15) is 6.54 Å². The van der Waals surface area contributed by atoms with Crippen molar-refractivity contribution in [3.63, 3.8) is 0 Å². The number of hydrogen-bond donors (Lipinski definition) is 2. The van der Waals surface area contributed by atoms with E-state index in [1.54, 1.807) is 34.2 Å². The van der Waals surface area contributed by atoms with Crippen LogP contribution in [0.2, 0.25) is 0 Å². The number of carbonyl (C=O) groups excluding carboxylic acids is 1. The lowest BCUT2D eigenvalue weighted by Gasteiger charge is -2.13. The SMILES string of the molecule is CCC(CO)NC(=O)Cn1cc(-c2cnc(-c3cccc(-c4cnn(C)c4)c3)nc2)cn1. The molecule has 0 saturated heterocycles. The Morgan fingerprint density at radius 2 is 1.72 bits per heavy atom. The zero-order valence-corrected chi connectivity index (χ0v) is 18.0. The second kappa shape index (κ2) is 9.52. The third-order valence-corrected chi connectivity index (χ3v) is 5.16. The van der Waals surface area contributed by atoms with E-state index in [4.69, 9.17) is 0 Å². The summed E-state index contributed by atoms with van der Waals surface area (Å²) >= 11 is 0. The number of aryl methyl sites for hydroxylation is 1. The van der Waals surface area contributed by atoms with Crippen molar-refractivity contribution in [3.8, 4) is 33.6 Å². The fraction of sp³-hybridized carbons (Fsp3) is 0.261. The summed E-state index contributed by atoms with van der Waals surface area (Å²) in [6, 6.07) is 7.78.